The predicted molar refractivity (Wildman–Crippen MR) is 72.4 cm³/mol. The largest absolute Gasteiger partial charge is 0.381 e. The van der Waals surface area contributed by atoms with Gasteiger partial charge in [-0.1, -0.05) is 0 Å². The number of likely N-dealkylation sites (tertiary alicyclic amines) is 1. The summed E-state index contributed by atoms with van der Waals surface area (Å²) in [5.74, 6) is 0. The molecule has 1 heterocycles. The van der Waals surface area contributed by atoms with Gasteiger partial charge in [-0.3, -0.25) is 0 Å². The zero-order valence-corrected chi connectivity index (χ0v) is 11.4. The fourth-order valence-electron chi connectivity index (χ4n) is 2.45. The summed E-state index contributed by atoms with van der Waals surface area (Å²) in [6, 6.07) is 4.32. The Bertz CT molecular complexity index is 385. The average molecular weight is 254 g/mol. The highest BCUT2D eigenvalue weighted by molar-refractivity contribution is 7.94. The van der Waals surface area contributed by atoms with Gasteiger partial charge in [-0.2, -0.15) is 3.89 Å². The number of hydrogen-bond acceptors (Lipinski definition) is 3. The molecule has 1 aromatic rings. The molecule has 0 amide bonds. The smallest absolute Gasteiger partial charge is 0.0812 e. The van der Waals surface area contributed by atoms with Crippen LogP contribution in [0.15, 0.2) is 17.0 Å². The SMILES string of the molecule is Cc1cc(SF)cc(C)c1NC1CCN(C)C1. The van der Waals surface area contributed by atoms with Crippen LogP contribution in [0.1, 0.15) is 17.5 Å². The highest BCUT2D eigenvalue weighted by Gasteiger charge is 2.20. The van der Waals surface area contributed by atoms with Gasteiger partial charge in [0.15, 0.2) is 0 Å². The zero-order valence-electron chi connectivity index (χ0n) is 10.6. The van der Waals surface area contributed by atoms with Crippen LogP contribution in [0.3, 0.4) is 0 Å². The van der Waals surface area contributed by atoms with Crippen LogP contribution < -0.4 is 5.32 Å². The molecule has 94 valence electrons. The van der Waals surface area contributed by atoms with Crippen molar-refractivity contribution in [3.63, 3.8) is 0 Å². The van der Waals surface area contributed by atoms with Gasteiger partial charge < -0.3 is 10.2 Å². The highest BCUT2D eigenvalue weighted by atomic mass is 32.2. The van der Waals surface area contributed by atoms with Gasteiger partial charge in [-0.05, 0) is 57.1 Å². The second-order valence-electron chi connectivity index (χ2n) is 4.90. The normalized spacial score (nSPS) is 20.8. The molecule has 0 aliphatic carbocycles. The molecular formula is C13H19FN2S. The summed E-state index contributed by atoms with van der Waals surface area (Å²) in [5.41, 5.74) is 3.42. The summed E-state index contributed by atoms with van der Waals surface area (Å²) < 4.78 is 12.6. The number of likely N-dealkylation sites (N-methyl/N-ethyl adjacent to an activating group) is 1. The van der Waals surface area contributed by atoms with E-state index < -0.39 is 0 Å². The minimum Gasteiger partial charge on any atom is -0.381 e. The minimum absolute atomic E-state index is 0.313. The Morgan fingerprint density at radius 3 is 2.47 bits per heavy atom. The van der Waals surface area contributed by atoms with E-state index in [-0.39, 0.29) is 0 Å². The van der Waals surface area contributed by atoms with E-state index in [1.165, 1.54) is 12.1 Å². The third-order valence-electron chi connectivity index (χ3n) is 3.34. The van der Waals surface area contributed by atoms with Gasteiger partial charge in [0.2, 0.25) is 0 Å². The lowest BCUT2D eigenvalue weighted by atomic mass is 10.1. The summed E-state index contributed by atoms with van der Waals surface area (Å²) >= 11 is 0.313. The van der Waals surface area contributed by atoms with Crippen LogP contribution in [0.2, 0.25) is 0 Å². The Labute approximate surface area is 107 Å². The summed E-state index contributed by atoms with van der Waals surface area (Å²) in [7, 11) is 2.14. The van der Waals surface area contributed by atoms with Crippen molar-refractivity contribution in [1.29, 1.82) is 0 Å². The first-order valence-electron chi connectivity index (χ1n) is 5.95. The van der Waals surface area contributed by atoms with Gasteiger partial charge >= 0.3 is 0 Å². The molecule has 1 saturated heterocycles. The van der Waals surface area contributed by atoms with Crippen molar-refractivity contribution in [3.8, 4) is 0 Å². The van der Waals surface area contributed by atoms with Crippen molar-refractivity contribution >= 4 is 17.8 Å². The van der Waals surface area contributed by atoms with Crippen LogP contribution in [0.4, 0.5) is 9.57 Å². The molecule has 1 atom stereocenters. The van der Waals surface area contributed by atoms with Crippen LogP contribution in [-0.2, 0) is 0 Å². The van der Waals surface area contributed by atoms with Crippen molar-refractivity contribution in [1.82, 2.24) is 4.90 Å². The predicted octanol–water partition coefficient (Wildman–Crippen LogP) is 3.40. The third-order valence-corrected chi connectivity index (χ3v) is 3.75. The number of anilines is 1. The highest BCUT2D eigenvalue weighted by Crippen LogP contribution is 2.29. The quantitative estimate of drug-likeness (QED) is 0.890. The Balaban J connectivity index is 2.15. The maximum Gasteiger partial charge on any atom is 0.0812 e. The molecule has 0 spiro atoms. The first-order valence-corrected chi connectivity index (χ1v) is 6.66. The maximum absolute atomic E-state index is 12.6. The monoisotopic (exact) mass is 254 g/mol. The molecule has 1 aliphatic heterocycles. The Morgan fingerprint density at radius 1 is 1.35 bits per heavy atom. The summed E-state index contributed by atoms with van der Waals surface area (Å²) in [4.78, 5) is 3.02. The molecular weight excluding hydrogens is 235 g/mol. The second-order valence-corrected chi connectivity index (χ2v) is 5.53. The maximum atomic E-state index is 12.6. The minimum atomic E-state index is 0.313. The Morgan fingerprint density at radius 2 is 2.00 bits per heavy atom. The molecule has 0 bridgehead atoms. The standard InChI is InChI=1S/C13H19FN2S/c1-9-6-12(17-14)7-10(2)13(9)15-11-4-5-16(3)8-11/h6-7,11,15H,4-5,8H2,1-3H3. The number of benzene rings is 1. The number of rotatable bonds is 3. The molecule has 1 aromatic carbocycles. The zero-order chi connectivity index (χ0) is 12.4. The molecule has 2 nitrogen and oxygen atoms in total. The third kappa shape index (κ3) is 2.93. The molecule has 1 N–H and O–H groups in total. The van der Waals surface area contributed by atoms with E-state index in [1.807, 2.05) is 26.0 Å². The molecule has 1 unspecified atom stereocenters. The topological polar surface area (TPSA) is 15.3 Å². The van der Waals surface area contributed by atoms with Crippen LogP contribution in [-0.4, -0.2) is 31.1 Å². The van der Waals surface area contributed by atoms with E-state index >= 15 is 0 Å². The van der Waals surface area contributed by atoms with E-state index in [0.29, 0.717) is 23.1 Å². The number of aryl methyl sites for hydroxylation is 2. The number of hydrogen-bond donors (Lipinski definition) is 1. The van der Waals surface area contributed by atoms with Crippen LogP contribution in [0.5, 0.6) is 0 Å². The molecule has 0 saturated carbocycles. The first-order chi connectivity index (χ1) is 8.10. The van der Waals surface area contributed by atoms with E-state index in [2.05, 4.69) is 17.3 Å². The van der Waals surface area contributed by atoms with Gasteiger partial charge in [0.05, 0.1) is 12.1 Å². The van der Waals surface area contributed by atoms with Crippen molar-refractivity contribution in [2.75, 3.05) is 25.5 Å². The van der Waals surface area contributed by atoms with E-state index in [0.717, 1.165) is 24.2 Å². The summed E-state index contributed by atoms with van der Waals surface area (Å²) in [6.45, 7) is 6.30. The van der Waals surface area contributed by atoms with E-state index in [1.54, 1.807) is 0 Å². The van der Waals surface area contributed by atoms with Crippen molar-refractivity contribution in [3.05, 3.63) is 23.3 Å². The van der Waals surface area contributed by atoms with E-state index in [4.69, 9.17) is 0 Å². The van der Waals surface area contributed by atoms with E-state index in [9.17, 15) is 3.89 Å². The molecule has 1 aliphatic rings. The lowest BCUT2D eigenvalue weighted by Crippen LogP contribution is -2.24. The van der Waals surface area contributed by atoms with Crippen LogP contribution in [0.25, 0.3) is 0 Å². The van der Waals surface area contributed by atoms with Gasteiger partial charge in [0.1, 0.15) is 0 Å². The molecule has 0 radical (unpaired) electrons. The molecule has 4 heteroatoms. The lowest BCUT2D eigenvalue weighted by Gasteiger charge is -2.19. The number of nitrogens with one attached hydrogen (secondary N) is 1. The average Bonchev–Trinajstić information content (AvgIpc) is 2.69. The fourth-order valence-corrected chi connectivity index (χ4v) is 2.90. The molecule has 17 heavy (non-hydrogen) atoms. The Kier molecular flexibility index (Phi) is 3.94. The van der Waals surface area contributed by atoms with Gasteiger partial charge in [0.25, 0.3) is 0 Å². The van der Waals surface area contributed by atoms with Gasteiger partial charge in [-0.25, -0.2) is 0 Å². The van der Waals surface area contributed by atoms with Crippen molar-refractivity contribution < 1.29 is 3.89 Å². The molecule has 0 aromatic heterocycles. The Hall–Kier alpha value is -0.740. The lowest BCUT2D eigenvalue weighted by molar-refractivity contribution is 0.414. The van der Waals surface area contributed by atoms with Crippen LogP contribution in [0, 0.1) is 13.8 Å². The number of halogens is 1. The van der Waals surface area contributed by atoms with Gasteiger partial charge in [0, 0.05) is 23.2 Å². The van der Waals surface area contributed by atoms with Crippen molar-refractivity contribution in [2.45, 2.75) is 31.2 Å². The molecule has 2 rings (SSSR count). The summed E-state index contributed by atoms with van der Waals surface area (Å²) in [5, 5.41) is 3.59. The fraction of sp³-hybridized carbons (Fsp3) is 0.538. The van der Waals surface area contributed by atoms with Crippen molar-refractivity contribution in [2.24, 2.45) is 0 Å². The van der Waals surface area contributed by atoms with Crippen LogP contribution >= 0.6 is 12.1 Å². The first kappa shape index (κ1) is 12.7. The second kappa shape index (κ2) is 5.27. The summed E-state index contributed by atoms with van der Waals surface area (Å²) in [6.07, 6.45) is 1.18. The van der Waals surface area contributed by atoms with Gasteiger partial charge in [-0.15, -0.1) is 0 Å². The number of nitrogens with zero attached hydrogens (tertiary/aromatic N) is 1. The molecule has 1 fully saturated rings.